The van der Waals surface area contributed by atoms with Gasteiger partial charge in [-0.15, -0.1) is 0 Å². The fourth-order valence-corrected chi connectivity index (χ4v) is 3.26. The van der Waals surface area contributed by atoms with E-state index in [0.717, 1.165) is 5.69 Å². The van der Waals surface area contributed by atoms with Gasteiger partial charge < -0.3 is 15.1 Å². The Bertz CT molecular complexity index is 606. The van der Waals surface area contributed by atoms with Crippen molar-refractivity contribution in [2.45, 2.75) is 18.9 Å². The maximum Gasteiger partial charge on any atom is 0.317 e. The zero-order chi connectivity index (χ0) is 17.8. The Labute approximate surface area is 145 Å². The predicted octanol–water partition coefficient (Wildman–Crippen LogP) is 1.38. The quantitative estimate of drug-likeness (QED) is 0.891. The van der Waals surface area contributed by atoms with Crippen LogP contribution in [0.15, 0.2) is 30.3 Å². The van der Waals surface area contributed by atoms with Crippen LogP contribution in [0.2, 0.25) is 0 Å². The lowest BCUT2D eigenvalue weighted by molar-refractivity contribution is -0.117. The average Bonchev–Trinajstić information content (AvgIpc) is 2.96. The number of hydrogen-bond donors (Lipinski definition) is 1. The van der Waals surface area contributed by atoms with E-state index < -0.39 is 6.43 Å². The number of benzene rings is 1. The first-order valence-corrected chi connectivity index (χ1v) is 8.44. The van der Waals surface area contributed by atoms with E-state index in [1.54, 1.807) is 14.7 Å². The van der Waals surface area contributed by atoms with Crippen LogP contribution >= 0.6 is 0 Å². The van der Waals surface area contributed by atoms with Gasteiger partial charge in [-0.25, -0.2) is 13.6 Å². The van der Waals surface area contributed by atoms with Gasteiger partial charge in [0.2, 0.25) is 5.91 Å². The van der Waals surface area contributed by atoms with Gasteiger partial charge in [-0.2, -0.15) is 0 Å². The molecule has 1 aromatic rings. The van der Waals surface area contributed by atoms with Gasteiger partial charge in [-0.1, -0.05) is 18.2 Å². The topological polar surface area (TPSA) is 55.9 Å². The second-order valence-electron chi connectivity index (χ2n) is 6.37. The third kappa shape index (κ3) is 4.45. The summed E-state index contributed by atoms with van der Waals surface area (Å²) in [6.45, 7) is 1.91. The Kier molecular flexibility index (Phi) is 5.47. The molecule has 1 aromatic carbocycles. The van der Waals surface area contributed by atoms with Crippen LogP contribution < -0.4 is 10.2 Å². The summed E-state index contributed by atoms with van der Waals surface area (Å²) in [5.74, 6) is -0.0155. The van der Waals surface area contributed by atoms with Crippen LogP contribution in [0.25, 0.3) is 0 Å². The largest absolute Gasteiger partial charge is 0.333 e. The molecule has 2 heterocycles. The van der Waals surface area contributed by atoms with E-state index in [4.69, 9.17) is 0 Å². The molecule has 0 saturated carbocycles. The lowest BCUT2D eigenvalue weighted by Crippen LogP contribution is -2.54. The first kappa shape index (κ1) is 17.6. The maximum atomic E-state index is 12.4. The number of carbonyl (C=O) groups excluding carboxylic acids is 2. The third-order valence-corrected chi connectivity index (χ3v) is 4.58. The number of anilines is 1. The summed E-state index contributed by atoms with van der Waals surface area (Å²) in [7, 11) is 0. The highest BCUT2D eigenvalue weighted by Crippen LogP contribution is 2.21. The molecule has 2 saturated heterocycles. The highest BCUT2D eigenvalue weighted by molar-refractivity contribution is 5.96. The molecule has 2 aliphatic rings. The number of alkyl halides is 2. The molecule has 2 aliphatic heterocycles. The van der Waals surface area contributed by atoms with Crippen molar-refractivity contribution in [1.82, 2.24) is 15.1 Å². The Morgan fingerprint density at radius 1 is 1.16 bits per heavy atom. The molecule has 6 nitrogen and oxygen atoms in total. The molecule has 0 radical (unpaired) electrons. The van der Waals surface area contributed by atoms with Crippen molar-refractivity contribution in [2.24, 2.45) is 0 Å². The fourth-order valence-electron chi connectivity index (χ4n) is 3.26. The minimum atomic E-state index is -2.35. The van der Waals surface area contributed by atoms with E-state index in [0.29, 0.717) is 32.7 Å². The summed E-state index contributed by atoms with van der Waals surface area (Å²) in [5, 5.41) is 2.89. The molecule has 3 rings (SSSR count). The van der Waals surface area contributed by atoms with Crippen LogP contribution in [0, 0.1) is 0 Å². The second kappa shape index (κ2) is 7.77. The summed E-state index contributed by atoms with van der Waals surface area (Å²) in [4.78, 5) is 29.5. The molecule has 25 heavy (non-hydrogen) atoms. The normalized spacial score (nSPS) is 21.9. The average molecular weight is 352 g/mol. The number of hydrogen-bond acceptors (Lipinski definition) is 3. The number of nitrogens with zero attached hydrogens (tertiary/aromatic N) is 3. The first-order chi connectivity index (χ1) is 12.0. The van der Waals surface area contributed by atoms with Gasteiger partial charge in [0.05, 0.1) is 12.6 Å². The number of urea groups is 1. The van der Waals surface area contributed by atoms with Crippen LogP contribution in [0.4, 0.5) is 19.3 Å². The number of rotatable bonds is 4. The van der Waals surface area contributed by atoms with E-state index in [2.05, 4.69) is 5.32 Å². The summed E-state index contributed by atoms with van der Waals surface area (Å²) in [5.41, 5.74) is 0.824. The Morgan fingerprint density at radius 2 is 1.84 bits per heavy atom. The van der Waals surface area contributed by atoms with Gasteiger partial charge in [0, 0.05) is 44.8 Å². The zero-order valence-corrected chi connectivity index (χ0v) is 13.9. The van der Waals surface area contributed by atoms with Gasteiger partial charge in [0.25, 0.3) is 6.43 Å². The van der Waals surface area contributed by atoms with E-state index in [9.17, 15) is 18.4 Å². The van der Waals surface area contributed by atoms with Gasteiger partial charge in [0.15, 0.2) is 0 Å². The molecule has 0 aromatic heterocycles. The second-order valence-corrected chi connectivity index (χ2v) is 6.37. The van der Waals surface area contributed by atoms with Crippen molar-refractivity contribution in [3.63, 3.8) is 0 Å². The Morgan fingerprint density at radius 3 is 2.48 bits per heavy atom. The molecule has 0 aliphatic carbocycles. The monoisotopic (exact) mass is 352 g/mol. The smallest absolute Gasteiger partial charge is 0.317 e. The maximum absolute atomic E-state index is 12.4. The van der Waals surface area contributed by atoms with Crippen molar-refractivity contribution in [3.8, 4) is 0 Å². The standard InChI is InChI=1S/C17H22F2N4O2/c18-15(19)12-21-6-8-22(9-7-21)17(25)20-13-10-16(24)23(11-13)14-4-2-1-3-5-14/h1-5,13,15H,6-12H2,(H,20,25)/t13-/m1/s1. The zero-order valence-electron chi connectivity index (χ0n) is 13.9. The minimum Gasteiger partial charge on any atom is -0.333 e. The SMILES string of the molecule is O=C(N[C@@H]1CC(=O)N(c2ccccc2)C1)N1CCN(CC(F)F)CC1. The van der Waals surface area contributed by atoms with Crippen molar-refractivity contribution >= 4 is 17.6 Å². The van der Waals surface area contributed by atoms with Crippen molar-refractivity contribution < 1.29 is 18.4 Å². The molecule has 8 heteroatoms. The van der Waals surface area contributed by atoms with Gasteiger partial charge in [0.1, 0.15) is 0 Å². The van der Waals surface area contributed by atoms with Gasteiger partial charge in [-0.3, -0.25) is 9.69 Å². The van der Waals surface area contributed by atoms with E-state index >= 15 is 0 Å². The lowest BCUT2D eigenvalue weighted by atomic mass is 10.2. The Hall–Kier alpha value is -2.22. The number of carbonyl (C=O) groups is 2. The van der Waals surface area contributed by atoms with Gasteiger partial charge in [-0.05, 0) is 12.1 Å². The highest BCUT2D eigenvalue weighted by atomic mass is 19.3. The van der Waals surface area contributed by atoms with Crippen LogP contribution in [0.1, 0.15) is 6.42 Å². The molecule has 0 bridgehead atoms. The van der Waals surface area contributed by atoms with E-state index in [1.165, 1.54) is 0 Å². The summed E-state index contributed by atoms with van der Waals surface area (Å²) in [6.07, 6.45) is -2.08. The molecular formula is C17H22F2N4O2. The number of para-hydroxylation sites is 1. The van der Waals surface area contributed by atoms with Crippen molar-refractivity contribution in [1.29, 1.82) is 0 Å². The van der Waals surface area contributed by atoms with Crippen LogP contribution in [0.3, 0.4) is 0 Å². The highest BCUT2D eigenvalue weighted by Gasteiger charge is 2.33. The van der Waals surface area contributed by atoms with Gasteiger partial charge >= 0.3 is 6.03 Å². The number of piperazine rings is 1. The molecular weight excluding hydrogens is 330 g/mol. The third-order valence-electron chi connectivity index (χ3n) is 4.58. The van der Waals surface area contributed by atoms with Crippen molar-refractivity contribution in [2.75, 3.05) is 44.2 Å². The fraction of sp³-hybridized carbons (Fsp3) is 0.529. The molecule has 3 amide bonds. The molecule has 0 unspecified atom stereocenters. The minimum absolute atomic E-state index is 0.0155. The molecule has 1 N–H and O–H groups in total. The molecule has 136 valence electrons. The van der Waals surface area contributed by atoms with E-state index in [1.807, 2.05) is 30.3 Å². The van der Waals surface area contributed by atoms with Crippen LogP contribution in [-0.4, -0.2) is 73.5 Å². The number of nitrogens with one attached hydrogen (secondary N) is 1. The number of halogens is 2. The first-order valence-electron chi connectivity index (χ1n) is 8.44. The Balaban J connectivity index is 1.49. The molecule has 1 atom stereocenters. The summed E-state index contributed by atoms with van der Waals surface area (Å²) in [6, 6.07) is 8.88. The lowest BCUT2D eigenvalue weighted by Gasteiger charge is -2.35. The van der Waals surface area contributed by atoms with E-state index in [-0.39, 0.29) is 30.9 Å². The number of amides is 3. The molecule has 0 spiro atoms. The van der Waals surface area contributed by atoms with Crippen LogP contribution in [-0.2, 0) is 4.79 Å². The predicted molar refractivity (Wildman–Crippen MR) is 89.7 cm³/mol. The summed E-state index contributed by atoms with van der Waals surface area (Å²) < 4.78 is 24.8. The molecule has 2 fully saturated rings. The van der Waals surface area contributed by atoms with Crippen LogP contribution in [0.5, 0.6) is 0 Å². The van der Waals surface area contributed by atoms with Crippen molar-refractivity contribution in [3.05, 3.63) is 30.3 Å². The summed E-state index contributed by atoms with van der Waals surface area (Å²) >= 11 is 0.